The fraction of sp³-hybridized carbons (Fsp3) is 0.538. The monoisotopic (exact) mass is 469 g/mol. The van der Waals surface area contributed by atoms with E-state index in [0.29, 0.717) is 30.0 Å². The summed E-state index contributed by atoms with van der Waals surface area (Å²) >= 11 is 6.04. The molecule has 0 spiro atoms. The quantitative estimate of drug-likeness (QED) is 0.490. The maximum atomic E-state index is 13.2. The second kappa shape index (κ2) is 10.5. The molecule has 0 radical (unpaired) electrons. The largest absolute Gasteiger partial charge is 0.352 e. The van der Waals surface area contributed by atoms with Crippen LogP contribution in [0, 0.1) is 28.6 Å². The lowest BCUT2D eigenvalue weighted by molar-refractivity contribution is -0.128. The van der Waals surface area contributed by atoms with Crippen molar-refractivity contribution in [2.75, 3.05) is 0 Å². The number of fused-ring (bicyclic) bond motifs is 1. The van der Waals surface area contributed by atoms with Gasteiger partial charge in [0.15, 0.2) is 5.78 Å². The molecule has 1 aliphatic carbocycles. The Kier molecular flexibility index (Phi) is 7.97. The Bertz CT molecular complexity index is 1080. The highest BCUT2D eigenvalue weighted by Gasteiger charge is 2.31. The third kappa shape index (κ3) is 6.91. The van der Waals surface area contributed by atoms with Gasteiger partial charge in [-0.2, -0.15) is 5.26 Å². The van der Waals surface area contributed by atoms with E-state index in [0.717, 1.165) is 30.2 Å². The van der Waals surface area contributed by atoms with Gasteiger partial charge < -0.3 is 10.3 Å². The first-order valence-corrected chi connectivity index (χ1v) is 12.0. The van der Waals surface area contributed by atoms with Crippen LogP contribution in [0.5, 0.6) is 0 Å². The van der Waals surface area contributed by atoms with E-state index < -0.39 is 12.0 Å². The molecular weight excluding hydrogens is 438 g/mol. The predicted molar refractivity (Wildman–Crippen MR) is 129 cm³/mol. The summed E-state index contributed by atoms with van der Waals surface area (Å²) in [5.41, 5.74) is 1.02. The summed E-state index contributed by atoms with van der Waals surface area (Å²) in [6.45, 7) is 6.06. The van der Waals surface area contributed by atoms with Crippen molar-refractivity contribution in [3.63, 3.8) is 0 Å². The summed E-state index contributed by atoms with van der Waals surface area (Å²) in [5.74, 6) is -1.05. The van der Waals surface area contributed by atoms with Gasteiger partial charge in [-0.25, -0.2) is 0 Å². The zero-order chi connectivity index (χ0) is 24.2. The Labute approximate surface area is 200 Å². The van der Waals surface area contributed by atoms with Crippen molar-refractivity contribution in [2.45, 2.75) is 71.8 Å². The Balaban J connectivity index is 1.72. The minimum Gasteiger partial charge on any atom is -0.352 e. The van der Waals surface area contributed by atoms with Crippen LogP contribution in [0.1, 0.15) is 76.2 Å². The summed E-state index contributed by atoms with van der Waals surface area (Å²) in [7, 11) is 0. The first-order chi connectivity index (χ1) is 15.6. The molecule has 1 saturated carbocycles. The van der Waals surface area contributed by atoms with Gasteiger partial charge in [0, 0.05) is 40.6 Å². The summed E-state index contributed by atoms with van der Waals surface area (Å²) in [6, 6.07) is 8.54. The number of nitrogens with one attached hydrogen (secondary N) is 2. The van der Waals surface area contributed by atoms with Gasteiger partial charge in [0.1, 0.15) is 11.8 Å². The molecule has 7 heteroatoms. The van der Waals surface area contributed by atoms with Crippen LogP contribution in [0.25, 0.3) is 10.9 Å². The number of amides is 1. The van der Waals surface area contributed by atoms with E-state index >= 15 is 0 Å². The van der Waals surface area contributed by atoms with Crippen molar-refractivity contribution in [2.24, 2.45) is 17.3 Å². The van der Waals surface area contributed by atoms with E-state index in [1.54, 1.807) is 18.2 Å². The fourth-order valence-electron chi connectivity index (χ4n) is 4.60. The minimum atomic E-state index is -0.739. The third-order valence-electron chi connectivity index (χ3n) is 6.22. The normalized spacial score (nSPS) is 18.5. The first kappa shape index (κ1) is 25.0. The van der Waals surface area contributed by atoms with Crippen molar-refractivity contribution in [3.05, 3.63) is 35.0 Å². The number of halogens is 1. The molecule has 2 N–H and O–H groups in total. The number of nitrogens with zero attached hydrogens (tertiary/aromatic N) is 1. The molecule has 0 bridgehead atoms. The van der Waals surface area contributed by atoms with Crippen LogP contribution in [0.15, 0.2) is 24.3 Å². The highest BCUT2D eigenvalue weighted by Crippen LogP contribution is 2.29. The first-order valence-electron chi connectivity index (χ1n) is 11.6. The zero-order valence-electron chi connectivity index (χ0n) is 19.5. The molecular formula is C26H32ClN3O3. The smallest absolute Gasteiger partial charge is 0.224 e. The number of aromatic amines is 1. The van der Waals surface area contributed by atoms with Crippen molar-refractivity contribution in [3.8, 4) is 6.07 Å². The van der Waals surface area contributed by atoms with Gasteiger partial charge in [-0.1, -0.05) is 44.9 Å². The molecule has 0 aliphatic heterocycles. The fourth-order valence-corrected chi connectivity index (χ4v) is 4.77. The van der Waals surface area contributed by atoms with Crippen molar-refractivity contribution in [1.82, 2.24) is 10.3 Å². The lowest BCUT2D eigenvalue weighted by Gasteiger charge is -2.27. The van der Waals surface area contributed by atoms with Crippen LogP contribution < -0.4 is 5.32 Å². The van der Waals surface area contributed by atoms with E-state index in [1.807, 2.05) is 26.8 Å². The van der Waals surface area contributed by atoms with Crippen LogP contribution in [-0.4, -0.2) is 28.5 Å². The lowest BCUT2D eigenvalue weighted by Crippen LogP contribution is -2.42. The van der Waals surface area contributed by atoms with Crippen molar-refractivity contribution >= 4 is 40.0 Å². The number of nitriles is 1. The average Bonchev–Trinajstić information content (AvgIpc) is 3.16. The van der Waals surface area contributed by atoms with E-state index in [-0.39, 0.29) is 35.2 Å². The molecule has 2 aromatic rings. The number of hydrogen-bond donors (Lipinski definition) is 2. The number of H-pyrrole nitrogens is 1. The van der Waals surface area contributed by atoms with Gasteiger partial charge in [0.2, 0.25) is 5.91 Å². The van der Waals surface area contributed by atoms with E-state index in [4.69, 9.17) is 11.6 Å². The maximum absolute atomic E-state index is 13.2. The molecule has 3 atom stereocenters. The molecule has 1 heterocycles. The van der Waals surface area contributed by atoms with E-state index in [9.17, 15) is 19.6 Å². The second-order valence-corrected chi connectivity index (χ2v) is 10.8. The molecule has 33 heavy (non-hydrogen) atoms. The summed E-state index contributed by atoms with van der Waals surface area (Å²) in [4.78, 5) is 41.5. The maximum Gasteiger partial charge on any atom is 0.224 e. The molecule has 1 fully saturated rings. The number of carbonyl (C=O) groups is 3. The average molecular weight is 470 g/mol. The van der Waals surface area contributed by atoms with Gasteiger partial charge >= 0.3 is 0 Å². The summed E-state index contributed by atoms with van der Waals surface area (Å²) in [5, 5.41) is 13.9. The SMILES string of the molecule is CC(C)(C)C[C@H](CC(=O)c1cc2ccc(Cl)cc2[nH]1)C(=O)N[C@H](C#N)C[C@@H]1CCCCC1=O. The van der Waals surface area contributed by atoms with Crippen LogP contribution in [0.2, 0.25) is 5.02 Å². The molecule has 0 unspecified atom stereocenters. The van der Waals surface area contributed by atoms with Gasteiger partial charge in [-0.05, 0) is 49.3 Å². The molecule has 1 aliphatic rings. The van der Waals surface area contributed by atoms with Crippen molar-refractivity contribution < 1.29 is 14.4 Å². The van der Waals surface area contributed by atoms with Crippen LogP contribution in [0.4, 0.5) is 0 Å². The highest BCUT2D eigenvalue weighted by atomic mass is 35.5. The number of ketones is 2. The Morgan fingerprint density at radius 1 is 1.27 bits per heavy atom. The Morgan fingerprint density at radius 3 is 2.70 bits per heavy atom. The Morgan fingerprint density at radius 2 is 2.03 bits per heavy atom. The Hall–Kier alpha value is -2.65. The molecule has 176 valence electrons. The summed E-state index contributed by atoms with van der Waals surface area (Å²) < 4.78 is 0. The van der Waals surface area contributed by atoms with Gasteiger partial charge in [0.25, 0.3) is 0 Å². The molecule has 6 nitrogen and oxygen atoms in total. The molecule has 0 saturated heterocycles. The number of hydrogen-bond acceptors (Lipinski definition) is 4. The van der Waals surface area contributed by atoms with Gasteiger partial charge in [0.05, 0.1) is 11.8 Å². The second-order valence-electron chi connectivity index (χ2n) is 10.3. The van der Waals surface area contributed by atoms with Crippen LogP contribution >= 0.6 is 11.6 Å². The molecule has 1 amide bonds. The van der Waals surface area contributed by atoms with Gasteiger partial charge in [-0.15, -0.1) is 0 Å². The number of rotatable bonds is 8. The topological polar surface area (TPSA) is 103 Å². The van der Waals surface area contributed by atoms with Crippen molar-refractivity contribution in [1.29, 1.82) is 5.26 Å². The zero-order valence-corrected chi connectivity index (χ0v) is 20.3. The van der Waals surface area contributed by atoms with Gasteiger partial charge in [-0.3, -0.25) is 14.4 Å². The van der Waals surface area contributed by atoms with E-state index in [2.05, 4.69) is 16.4 Å². The minimum absolute atomic E-state index is 0.0319. The standard InChI is InChI=1S/C26H32ClN3O3/c1-26(2,3)14-18(12-24(32)22-11-16-8-9-19(27)13-21(16)30-22)25(33)29-20(15-28)10-17-6-4-5-7-23(17)31/h8-9,11,13,17-18,20,30H,4-7,10,12,14H2,1-3H3,(H,29,33)/t17-,18-,20-/m0/s1. The lowest BCUT2D eigenvalue weighted by atomic mass is 9.81. The van der Waals surface area contributed by atoms with Crippen LogP contribution in [-0.2, 0) is 9.59 Å². The van der Waals surface area contributed by atoms with Crippen LogP contribution in [0.3, 0.4) is 0 Å². The predicted octanol–water partition coefficient (Wildman–Crippen LogP) is 5.60. The highest BCUT2D eigenvalue weighted by molar-refractivity contribution is 6.31. The summed E-state index contributed by atoms with van der Waals surface area (Å²) in [6.07, 6.45) is 4.05. The number of carbonyl (C=O) groups excluding carboxylic acids is 3. The third-order valence-corrected chi connectivity index (χ3v) is 6.46. The molecule has 1 aromatic heterocycles. The number of Topliss-reactive ketones (excluding diaryl/α,β-unsaturated/α-hetero) is 2. The van der Waals surface area contributed by atoms with E-state index in [1.165, 1.54) is 0 Å². The molecule has 3 rings (SSSR count). The molecule has 1 aromatic carbocycles. The number of aromatic nitrogens is 1. The number of benzene rings is 1.